The molecule has 0 saturated heterocycles. The number of rotatable bonds is 2. The van der Waals surface area contributed by atoms with Gasteiger partial charge in [0.1, 0.15) is 17.1 Å². The fourth-order valence-corrected chi connectivity index (χ4v) is 2.03. The lowest BCUT2D eigenvalue weighted by atomic mass is 10.1. The maximum absolute atomic E-state index is 13.6. The molecule has 0 aliphatic rings. The third-order valence-electron chi connectivity index (χ3n) is 2.73. The Bertz CT molecular complexity index is 623. The molecule has 98 valence electrons. The van der Waals surface area contributed by atoms with Gasteiger partial charge in [-0.3, -0.25) is 4.79 Å². The number of amides is 1. The lowest BCUT2D eigenvalue weighted by molar-refractivity contribution is 0.102. The van der Waals surface area contributed by atoms with Crippen LogP contribution in [-0.2, 0) is 0 Å². The summed E-state index contributed by atoms with van der Waals surface area (Å²) in [5.74, 6) is -1.83. The number of hydrogen-bond donors (Lipinski definition) is 2. The van der Waals surface area contributed by atoms with E-state index in [1.807, 2.05) is 13.0 Å². The number of hydrogen-bond acceptors (Lipinski definition) is 2. The van der Waals surface area contributed by atoms with Crippen molar-refractivity contribution in [2.75, 3.05) is 5.32 Å². The molecule has 0 radical (unpaired) electrons. The summed E-state index contributed by atoms with van der Waals surface area (Å²) in [5, 5.41) is 12.1. The highest BCUT2D eigenvalue weighted by molar-refractivity contribution is 9.10. The minimum absolute atomic E-state index is 0.359. The summed E-state index contributed by atoms with van der Waals surface area (Å²) in [5.41, 5.74) is 1.02. The molecule has 0 aliphatic carbocycles. The first-order chi connectivity index (χ1) is 9.00. The number of anilines is 1. The van der Waals surface area contributed by atoms with Crippen LogP contribution in [0.5, 0.6) is 5.75 Å². The summed E-state index contributed by atoms with van der Waals surface area (Å²) < 4.78 is 14.4. The molecule has 0 heterocycles. The van der Waals surface area contributed by atoms with Crippen molar-refractivity contribution in [1.29, 1.82) is 0 Å². The van der Waals surface area contributed by atoms with Crippen LogP contribution in [0.15, 0.2) is 40.9 Å². The SMILES string of the molecule is Cc1c(Br)cccc1NC(=O)c1c(O)cccc1F. The van der Waals surface area contributed by atoms with E-state index in [9.17, 15) is 14.3 Å². The van der Waals surface area contributed by atoms with Gasteiger partial charge in [-0.2, -0.15) is 0 Å². The van der Waals surface area contributed by atoms with Gasteiger partial charge in [-0.1, -0.05) is 28.1 Å². The molecule has 2 aromatic rings. The zero-order chi connectivity index (χ0) is 14.0. The molecule has 0 saturated carbocycles. The normalized spacial score (nSPS) is 10.3. The van der Waals surface area contributed by atoms with Crippen LogP contribution in [0.1, 0.15) is 15.9 Å². The molecule has 0 unspecified atom stereocenters. The average molecular weight is 324 g/mol. The van der Waals surface area contributed by atoms with Crippen molar-refractivity contribution in [3.8, 4) is 5.75 Å². The zero-order valence-corrected chi connectivity index (χ0v) is 11.7. The zero-order valence-electron chi connectivity index (χ0n) is 10.1. The first kappa shape index (κ1) is 13.5. The van der Waals surface area contributed by atoms with Gasteiger partial charge in [0.25, 0.3) is 5.91 Å². The van der Waals surface area contributed by atoms with E-state index < -0.39 is 11.7 Å². The van der Waals surface area contributed by atoms with Gasteiger partial charge in [0, 0.05) is 10.2 Å². The van der Waals surface area contributed by atoms with E-state index in [0.29, 0.717) is 5.69 Å². The van der Waals surface area contributed by atoms with Crippen LogP contribution < -0.4 is 5.32 Å². The lowest BCUT2D eigenvalue weighted by Gasteiger charge is -2.11. The minimum atomic E-state index is -0.759. The van der Waals surface area contributed by atoms with E-state index in [2.05, 4.69) is 21.2 Å². The number of carbonyl (C=O) groups is 1. The molecule has 0 spiro atoms. The summed E-state index contributed by atoms with van der Waals surface area (Å²) in [7, 11) is 0. The van der Waals surface area contributed by atoms with E-state index >= 15 is 0 Å². The number of nitrogens with one attached hydrogen (secondary N) is 1. The molecule has 0 aromatic heterocycles. The Morgan fingerprint density at radius 2 is 1.95 bits per heavy atom. The Morgan fingerprint density at radius 1 is 1.26 bits per heavy atom. The number of phenolic OH excluding ortho intramolecular Hbond substituents is 1. The van der Waals surface area contributed by atoms with Crippen molar-refractivity contribution in [2.45, 2.75) is 6.92 Å². The van der Waals surface area contributed by atoms with Crippen LogP contribution in [0, 0.1) is 12.7 Å². The van der Waals surface area contributed by atoms with Crippen molar-refractivity contribution >= 4 is 27.5 Å². The average Bonchev–Trinajstić information content (AvgIpc) is 2.35. The topological polar surface area (TPSA) is 49.3 Å². The minimum Gasteiger partial charge on any atom is -0.507 e. The van der Waals surface area contributed by atoms with Crippen molar-refractivity contribution in [3.05, 3.63) is 57.8 Å². The Labute approximate surface area is 118 Å². The van der Waals surface area contributed by atoms with Gasteiger partial charge >= 0.3 is 0 Å². The van der Waals surface area contributed by atoms with Gasteiger partial charge in [-0.05, 0) is 36.8 Å². The first-order valence-electron chi connectivity index (χ1n) is 5.54. The second-order valence-electron chi connectivity index (χ2n) is 4.00. The third-order valence-corrected chi connectivity index (χ3v) is 3.59. The van der Waals surface area contributed by atoms with Crippen molar-refractivity contribution < 1.29 is 14.3 Å². The number of benzene rings is 2. The van der Waals surface area contributed by atoms with Crippen LogP contribution in [0.25, 0.3) is 0 Å². The summed E-state index contributed by atoms with van der Waals surface area (Å²) in [6.45, 7) is 1.82. The molecular formula is C14H11BrFNO2. The number of carbonyl (C=O) groups excluding carboxylic acids is 1. The third kappa shape index (κ3) is 2.76. The van der Waals surface area contributed by atoms with Gasteiger partial charge in [0.05, 0.1) is 0 Å². The smallest absolute Gasteiger partial charge is 0.262 e. The van der Waals surface area contributed by atoms with Crippen molar-refractivity contribution in [1.82, 2.24) is 0 Å². The molecule has 2 N–H and O–H groups in total. The van der Waals surface area contributed by atoms with Crippen molar-refractivity contribution in [3.63, 3.8) is 0 Å². The van der Waals surface area contributed by atoms with E-state index in [-0.39, 0.29) is 11.3 Å². The fourth-order valence-electron chi connectivity index (χ4n) is 1.67. The van der Waals surface area contributed by atoms with Crippen LogP contribution in [0.2, 0.25) is 0 Å². The standard InChI is InChI=1S/C14H11BrFNO2/c1-8-9(15)4-2-6-11(8)17-14(19)13-10(16)5-3-7-12(13)18/h2-7,18H,1H3,(H,17,19). The second-order valence-corrected chi connectivity index (χ2v) is 4.85. The second kappa shape index (κ2) is 5.40. The molecule has 0 atom stereocenters. The van der Waals surface area contributed by atoms with Crippen LogP contribution in [0.3, 0.4) is 0 Å². The molecule has 3 nitrogen and oxygen atoms in total. The van der Waals surface area contributed by atoms with E-state index in [4.69, 9.17) is 0 Å². The molecule has 0 aliphatic heterocycles. The molecule has 2 aromatic carbocycles. The maximum atomic E-state index is 13.6. The first-order valence-corrected chi connectivity index (χ1v) is 6.34. The van der Waals surface area contributed by atoms with Gasteiger partial charge in [-0.25, -0.2) is 4.39 Å². The van der Waals surface area contributed by atoms with E-state index in [0.717, 1.165) is 16.1 Å². The summed E-state index contributed by atoms with van der Waals surface area (Å²) in [6.07, 6.45) is 0. The predicted molar refractivity (Wildman–Crippen MR) is 74.9 cm³/mol. The van der Waals surface area contributed by atoms with Gasteiger partial charge in [-0.15, -0.1) is 0 Å². The maximum Gasteiger partial charge on any atom is 0.262 e. The highest BCUT2D eigenvalue weighted by Crippen LogP contribution is 2.26. The Morgan fingerprint density at radius 3 is 2.63 bits per heavy atom. The Kier molecular flexibility index (Phi) is 3.85. The van der Waals surface area contributed by atoms with E-state index in [1.54, 1.807) is 12.1 Å². The highest BCUT2D eigenvalue weighted by Gasteiger charge is 2.17. The van der Waals surface area contributed by atoms with Gasteiger partial charge in [0.2, 0.25) is 0 Å². The Balaban J connectivity index is 2.34. The molecule has 0 fully saturated rings. The molecule has 19 heavy (non-hydrogen) atoms. The number of halogens is 2. The van der Waals surface area contributed by atoms with E-state index in [1.165, 1.54) is 12.1 Å². The molecular weight excluding hydrogens is 313 g/mol. The summed E-state index contributed by atoms with van der Waals surface area (Å²) in [6, 6.07) is 9.04. The fraction of sp³-hybridized carbons (Fsp3) is 0.0714. The molecule has 2 rings (SSSR count). The summed E-state index contributed by atoms with van der Waals surface area (Å²) in [4.78, 5) is 12.0. The number of phenols is 1. The quantitative estimate of drug-likeness (QED) is 0.881. The van der Waals surface area contributed by atoms with Crippen LogP contribution in [-0.4, -0.2) is 11.0 Å². The predicted octanol–water partition coefficient (Wildman–Crippen LogP) is 3.85. The largest absolute Gasteiger partial charge is 0.507 e. The van der Waals surface area contributed by atoms with Crippen LogP contribution >= 0.6 is 15.9 Å². The van der Waals surface area contributed by atoms with Crippen molar-refractivity contribution in [2.24, 2.45) is 0 Å². The Hall–Kier alpha value is -1.88. The monoisotopic (exact) mass is 323 g/mol. The lowest BCUT2D eigenvalue weighted by Crippen LogP contribution is -2.14. The highest BCUT2D eigenvalue weighted by atomic mass is 79.9. The van der Waals surface area contributed by atoms with Gasteiger partial charge in [0.15, 0.2) is 0 Å². The molecule has 5 heteroatoms. The number of aromatic hydroxyl groups is 1. The van der Waals surface area contributed by atoms with Gasteiger partial charge < -0.3 is 10.4 Å². The molecule has 0 bridgehead atoms. The van der Waals surface area contributed by atoms with Crippen LogP contribution in [0.4, 0.5) is 10.1 Å². The molecule has 1 amide bonds. The summed E-state index contributed by atoms with van der Waals surface area (Å²) >= 11 is 3.35.